The highest BCUT2D eigenvalue weighted by molar-refractivity contribution is 7.98. The second kappa shape index (κ2) is 5.98. The van der Waals surface area contributed by atoms with Crippen LogP contribution < -0.4 is 5.69 Å². The zero-order chi connectivity index (χ0) is 14.0. The molecule has 0 unspecified atom stereocenters. The molecule has 0 atom stereocenters. The van der Waals surface area contributed by atoms with Crippen molar-refractivity contribution >= 4 is 35.0 Å². The van der Waals surface area contributed by atoms with Crippen LogP contribution in [-0.2, 0) is 5.75 Å². The van der Waals surface area contributed by atoms with Gasteiger partial charge in [0.15, 0.2) is 5.16 Å². The van der Waals surface area contributed by atoms with E-state index < -0.39 is 0 Å². The molecule has 0 saturated carbocycles. The highest BCUT2D eigenvalue weighted by Gasteiger charge is 2.13. The summed E-state index contributed by atoms with van der Waals surface area (Å²) in [6.07, 6.45) is 0. The van der Waals surface area contributed by atoms with E-state index >= 15 is 0 Å². The van der Waals surface area contributed by atoms with Crippen LogP contribution in [0.1, 0.15) is 25.5 Å². The van der Waals surface area contributed by atoms with Gasteiger partial charge in [0, 0.05) is 11.8 Å². The Morgan fingerprint density at radius 1 is 1.42 bits per heavy atom. The van der Waals surface area contributed by atoms with Crippen molar-refractivity contribution in [1.82, 2.24) is 19.7 Å². The van der Waals surface area contributed by atoms with E-state index in [-0.39, 0.29) is 11.7 Å². The van der Waals surface area contributed by atoms with E-state index in [4.69, 9.17) is 23.2 Å². The Morgan fingerprint density at radius 2 is 2.16 bits per heavy atom. The quantitative estimate of drug-likeness (QED) is 0.694. The van der Waals surface area contributed by atoms with E-state index in [1.807, 2.05) is 19.9 Å². The molecule has 0 aliphatic heterocycles. The molecular weight excluding hydrogens is 307 g/mol. The topological polar surface area (TPSA) is 63.6 Å². The molecule has 1 N–H and O–H groups in total. The average Bonchev–Trinajstić information content (AvgIpc) is 2.69. The van der Waals surface area contributed by atoms with Gasteiger partial charge in [-0.25, -0.2) is 14.9 Å². The summed E-state index contributed by atoms with van der Waals surface area (Å²) in [5.41, 5.74) is 0.639. The smallest absolute Gasteiger partial charge is 0.268 e. The molecule has 0 bridgehead atoms. The second-order valence-corrected chi connectivity index (χ2v) is 5.84. The molecule has 0 saturated heterocycles. The SMILES string of the molecule is CC(C)n1c(SCc2ccc(Cl)nc2Cl)n[nH]c1=O. The number of hydrogen-bond donors (Lipinski definition) is 1. The number of thioether (sulfide) groups is 1. The number of aromatic amines is 1. The van der Waals surface area contributed by atoms with Crippen molar-refractivity contribution in [3.63, 3.8) is 0 Å². The van der Waals surface area contributed by atoms with Gasteiger partial charge in [0.1, 0.15) is 10.3 Å². The first kappa shape index (κ1) is 14.4. The molecule has 0 aliphatic carbocycles. The standard InChI is InChI=1S/C11H12Cl2N4OS/c1-6(2)17-10(18)15-16-11(17)19-5-7-3-4-8(12)14-9(7)13/h3-4,6H,5H2,1-2H3,(H,15,18). The van der Waals surface area contributed by atoms with E-state index in [0.29, 0.717) is 21.2 Å². The first-order valence-electron chi connectivity index (χ1n) is 5.59. The molecule has 2 heterocycles. The van der Waals surface area contributed by atoms with Crippen molar-refractivity contribution in [3.8, 4) is 0 Å². The highest BCUT2D eigenvalue weighted by Crippen LogP contribution is 2.26. The van der Waals surface area contributed by atoms with Gasteiger partial charge in [-0.3, -0.25) is 4.57 Å². The van der Waals surface area contributed by atoms with Crippen LogP contribution in [0.2, 0.25) is 10.3 Å². The summed E-state index contributed by atoms with van der Waals surface area (Å²) in [5.74, 6) is 0.569. The summed E-state index contributed by atoms with van der Waals surface area (Å²) in [6.45, 7) is 3.86. The van der Waals surface area contributed by atoms with Crippen molar-refractivity contribution in [2.45, 2.75) is 30.8 Å². The Kier molecular flexibility index (Phi) is 4.54. The molecule has 102 valence electrons. The summed E-state index contributed by atoms with van der Waals surface area (Å²) < 4.78 is 1.60. The van der Waals surface area contributed by atoms with E-state index in [1.165, 1.54) is 11.8 Å². The molecule has 0 aliphatic rings. The van der Waals surface area contributed by atoms with Crippen molar-refractivity contribution in [2.75, 3.05) is 0 Å². The molecule has 2 rings (SSSR count). The van der Waals surface area contributed by atoms with Gasteiger partial charge in [0.05, 0.1) is 0 Å². The first-order valence-corrected chi connectivity index (χ1v) is 7.34. The van der Waals surface area contributed by atoms with Gasteiger partial charge in [-0.1, -0.05) is 41.0 Å². The molecule has 0 amide bonds. The molecular formula is C11H12Cl2N4OS. The molecule has 8 heteroatoms. The molecule has 0 radical (unpaired) electrons. The van der Waals surface area contributed by atoms with Crippen molar-refractivity contribution in [3.05, 3.63) is 38.5 Å². The maximum absolute atomic E-state index is 11.6. The third-order valence-corrected chi connectivity index (χ3v) is 3.98. The number of halogens is 2. The zero-order valence-electron chi connectivity index (χ0n) is 10.4. The second-order valence-electron chi connectivity index (χ2n) is 4.15. The number of rotatable bonds is 4. The summed E-state index contributed by atoms with van der Waals surface area (Å²) in [5, 5.41) is 7.80. The van der Waals surface area contributed by atoms with Gasteiger partial charge in [-0.05, 0) is 25.5 Å². The van der Waals surface area contributed by atoms with Gasteiger partial charge in [0.25, 0.3) is 0 Å². The molecule has 19 heavy (non-hydrogen) atoms. The molecule has 0 fully saturated rings. The Hall–Kier alpha value is -0.980. The lowest BCUT2D eigenvalue weighted by molar-refractivity contribution is 0.534. The molecule has 5 nitrogen and oxygen atoms in total. The first-order chi connectivity index (χ1) is 8.99. The van der Waals surface area contributed by atoms with Gasteiger partial charge in [0.2, 0.25) is 0 Å². The van der Waals surface area contributed by atoms with Crippen LogP contribution in [0.4, 0.5) is 0 Å². The largest absolute Gasteiger partial charge is 0.344 e. The molecule has 2 aromatic heterocycles. The normalized spacial score (nSPS) is 11.2. The van der Waals surface area contributed by atoms with E-state index in [9.17, 15) is 4.79 Å². The lowest BCUT2D eigenvalue weighted by atomic mass is 10.3. The Bertz CT molecular complexity index is 638. The summed E-state index contributed by atoms with van der Waals surface area (Å²) in [7, 11) is 0. The maximum atomic E-state index is 11.6. The lowest BCUT2D eigenvalue weighted by Crippen LogP contribution is -2.19. The van der Waals surface area contributed by atoms with E-state index in [1.54, 1.807) is 10.6 Å². The third-order valence-electron chi connectivity index (χ3n) is 2.44. The predicted molar refractivity (Wildman–Crippen MR) is 77.1 cm³/mol. The number of pyridine rings is 1. The van der Waals surface area contributed by atoms with Crippen LogP contribution in [0.5, 0.6) is 0 Å². The van der Waals surface area contributed by atoms with Crippen molar-refractivity contribution in [2.24, 2.45) is 0 Å². The third kappa shape index (κ3) is 3.32. The fourth-order valence-corrected chi connectivity index (χ4v) is 3.09. The van der Waals surface area contributed by atoms with Gasteiger partial charge < -0.3 is 0 Å². The number of nitrogens with zero attached hydrogens (tertiary/aromatic N) is 3. The van der Waals surface area contributed by atoms with Crippen LogP contribution in [0, 0.1) is 0 Å². The zero-order valence-corrected chi connectivity index (χ0v) is 12.7. The van der Waals surface area contributed by atoms with Crippen molar-refractivity contribution < 1.29 is 0 Å². The highest BCUT2D eigenvalue weighted by atomic mass is 35.5. The maximum Gasteiger partial charge on any atom is 0.344 e. The van der Waals surface area contributed by atoms with E-state index in [0.717, 1.165) is 5.56 Å². The fourth-order valence-electron chi connectivity index (χ4n) is 1.54. The number of H-pyrrole nitrogens is 1. The number of hydrogen-bond acceptors (Lipinski definition) is 4. The van der Waals surface area contributed by atoms with E-state index in [2.05, 4.69) is 15.2 Å². The molecule has 0 aromatic carbocycles. The molecule has 0 spiro atoms. The van der Waals surface area contributed by atoms with Crippen molar-refractivity contribution in [1.29, 1.82) is 0 Å². The minimum atomic E-state index is -0.210. The predicted octanol–water partition coefficient (Wildman–Crippen LogP) is 3.15. The summed E-state index contributed by atoms with van der Waals surface area (Å²) in [4.78, 5) is 15.5. The van der Waals surface area contributed by atoms with Crippen LogP contribution >= 0.6 is 35.0 Å². The minimum absolute atomic E-state index is 0.0487. The average molecular weight is 319 g/mol. The Morgan fingerprint density at radius 3 is 2.79 bits per heavy atom. The lowest BCUT2D eigenvalue weighted by Gasteiger charge is -2.08. The monoisotopic (exact) mass is 318 g/mol. The van der Waals surface area contributed by atoms with Crippen LogP contribution in [0.25, 0.3) is 0 Å². The number of nitrogens with one attached hydrogen (secondary N) is 1. The van der Waals surface area contributed by atoms with Crippen LogP contribution in [0.15, 0.2) is 22.1 Å². The van der Waals surface area contributed by atoms with Crippen LogP contribution in [0.3, 0.4) is 0 Å². The minimum Gasteiger partial charge on any atom is -0.268 e. The Labute approximate surface area is 124 Å². The summed E-state index contributed by atoms with van der Waals surface area (Å²) in [6, 6.07) is 3.55. The number of aromatic nitrogens is 4. The summed E-state index contributed by atoms with van der Waals surface area (Å²) >= 11 is 13.2. The van der Waals surface area contributed by atoms with Gasteiger partial charge in [-0.2, -0.15) is 0 Å². The van der Waals surface area contributed by atoms with Gasteiger partial charge >= 0.3 is 5.69 Å². The fraction of sp³-hybridized carbons (Fsp3) is 0.364. The Balaban J connectivity index is 2.17. The molecule has 2 aromatic rings. The van der Waals surface area contributed by atoms with Crippen LogP contribution in [-0.4, -0.2) is 19.7 Å². The van der Waals surface area contributed by atoms with Gasteiger partial charge in [-0.15, -0.1) is 5.10 Å².